The highest BCUT2D eigenvalue weighted by Crippen LogP contribution is 2.67. The lowest BCUT2D eigenvalue weighted by molar-refractivity contribution is 0.457. The molecule has 1 heterocycles. The van der Waals surface area contributed by atoms with Gasteiger partial charge in [-0.2, -0.15) is 0 Å². The molecule has 1 saturated carbocycles. The minimum Gasteiger partial charge on any atom is -0.315 e. The first-order valence-corrected chi connectivity index (χ1v) is 9.21. The number of sulfonamides is 1. The first-order chi connectivity index (χ1) is 9.13. The number of hydrogen-bond acceptors (Lipinski definition) is 4. The van der Waals surface area contributed by atoms with E-state index in [2.05, 4.69) is 37.7 Å². The Morgan fingerprint density at radius 1 is 1.25 bits per heavy atom. The second kappa shape index (κ2) is 5.09. The van der Waals surface area contributed by atoms with Gasteiger partial charge in [-0.05, 0) is 29.9 Å². The second-order valence-electron chi connectivity index (χ2n) is 6.63. The maximum absolute atomic E-state index is 12.3. The van der Waals surface area contributed by atoms with Crippen LogP contribution in [0.1, 0.15) is 32.6 Å². The molecular weight excluding hydrogens is 292 g/mol. The van der Waals surface area contributed by atoms with Gasteiger partial charge in [0.25, 0.3) is 0 Å². The molecule has 0 atom stereocenters. The van der Waals surface area contributed by atoms with E-state index in [9.17, 15) is 8.42 Å². The zero-order chi connectivity index (χ0) is 15.2. The summed E-state index contributed by atoms with van der Waals surface area (Å²) in [6.45, 7) is 9.99. The molecule has 1 aliphatic carbocycles. The van der Waals surface area contributed by atoms with Crippen LogP contribution in [0.2, 0.25) is 0 Å². The maximum Gasteiger partial charge on any atom is 0.241 e. The fraction of sp³-hybridized carbons (Fsp3) is 0.714. The van der Waals surface area contributed by atoms with E-state index in [1.807, 2.05) is 7.05 Å². The van der Waals surface area contributed by atoms with Gasteiger partial charge in [0.15, 0.2) is 0 Å². The minimum atomic E-state index is -3.38. The normalized spacial score (nSPS) is 21.1. The van der Waals surface area contributed by atoms with E-state index in [0.29, 0.717) is 23.9 Å². The summed E-state index contributed by atoms with van der Waals surface area (Å²) in [5.74, 6) is 0.389. The third-order valence-electron chi connectivity index (χ3n) is 5.09. The van der Waals surface area contributed by atoms with Gasteiger partial charge in [-0.1, -0.05) is 27.7 Å². The summed E-state index contributed by atoms with van der Waals surface area (Å²) < 4.78 is 27.3. The van der Waals surface area contributed by atoms with Crippen molar-refractivity contribution in [2.24, 2.45) is 16.7 Å². The zero-order valence-electron chi connectivity index (χ0n) is 12.8. The quantitative estimate of drug-likeness (QED) is 0.847. The fourth-order valence-electron chi connectivity index (χ4n) is 2.89. The van der Waals surface area contributed by atoms with Gasteiger partial charge in [-0.15, -0.1) is 11.3 Å². The number of rotatable bonds is 6. The van der Waals surface area contributed by atoms with Crippen molar-refractivity contribution in [2.75, 3.05) is 13.6 Å². The lowest BCUT2D eigenvalue weighted by Crippen LogP contribution is -2.27. The van der Waals surface area contributed by atoms with Crippen LogP contribution in [-0.2, 0) is 16.6 Å². The molecule has 0 aliphatic heterocycles. The standard InChI is InChI=1S/C14H24N2O2S2/c1-13(2)12(14(13,3)4)8-16-20(17,18)11-6-10(7-15-5)19-9-11/h6,9,12,15-16H,7-8H2,1-5H3. The van der Waals surface area contributed by atoms with Crippen LogP contribution in [0.25, 0.3) is 0 Å². The van der Waals surface area contributed by atoms with Crippen LogP contribution < -0.4 is 10.0 Å². The first-order valence-electron chi connectivity index (χ1n) is 6.84. The molecule has 2 N–H and O–H groups in total. The Balaban J connectivity index is 2.01. The van der Waals surface area contributed by atoms with Crippen molar-refractivity contribution in [2.45, 2.75) is 39.1 Å². The van der Waals surface area contributed by atoms with Crippen molar-refractivity contribution in [1.29, 1.82) is 0 Å². The van der Waals surface area contributed by atoms with Crippen molar-refractivity contribution in [3.8, 4) is 0 Å². The molecular formula is C14H24N2O2S2. The van der Waals surface area contributed by atoms with Gasteiger partial charge in [0.1, 0.15) is 0 Å². The summed E-state index contributed by atoms with van der Waals surface area (Å²) in [5.41, 5.74) is 0.392. The van der Waals surface area contributed by atoms with Crippen LogP contribution in [-0.4, -0.2) is 22.0 Å². The third kappa shape index (κ3) is 2.66. The highest BCUT2D eigenvalue weighted by atomic mass is 32.2. The Kier molecular flexibility index (Phi) is 4.06. The van der Waals surface area contributed by atoms with Gasteiger partial charge >= 0.3 is 0 Å². The lowest BCUT2D eigenvalue weighted by Gasteiger charge is -2.06. The summed E-state index contributed by atoms with van der Waals surface area (Å²) in [6.07, 6.45) is 0. The Bertz CT molecular complexity index is 574. The minimum absolute atomic E-state index is 0.196. The zero-order valence-corrected chi connectivity index (χ0v) is 14.4. The molecule has 1 aromatic rings. The van der Waals surface area contributed by atoms with Crippen LogP contribution in [0.3, 0.4) is 0 Å². The SMILES string of the molecule is CNCc1cc(S(=O)(=O)NCC2C(C)(C)C2(C)C)cs1. The molecule has 0 unspecified atom stereocenters. The summed E-state index contributed by atoms with van der Waals surface area (Å²) in [6, 6.07) is 1.74. The van der Waals surface area contributed by atoms with Gasteiger partial charge in [-0.25, -0.2) is 13.1 Å². The Labute approximate surface area is 126 Å². The Morgan fingerprint density at radius 3 is 2.35 bits per heavy atom. The highest BCUT2D eigenvalue weighted by Gasteiger charge is 2.64. The van der Waals surface area contributed by atoms with Gasteiger partial charge in [0, 0.05) is 23.3 Å². The van der Waals surface area contributed by atoms with Crippen LogP contribution >= 0.6 is 11.3 Å². The topological polar surface area (TPSA) is 58.2 Å². The summed E-state index contributed by atoms with van der Waals surface area (Å²) in [7, 11) is -1.53. The largest absolute Gasteiger partial charge is 0.315 e. The predicted molar refractivity (Wildman–Crippen MR) is 83.3 cm³/mol. The second-order valence-corrected chi connectivity index (χ2v) is 9.39. The molecule has 1 aliphatic rings. The van der Waals surface area contributed by atoms with Crippen molar-refractivity contribution >= 4 is 21.4 Å². The van der Waals surface area contributed by atoms with E-state index >= 15 is 0 Å². The molecule has 0 bridgehead atoms. The van der Waals surface area contributed by atoms with Gasteiger partial charge in [-0.3, -0.25) is 0 Å². The summed E-state index contributed by atoms with van der Waals surface area (Å²) in [5, 5.41) is 4.73. The molecule has 0 aromatic carbocycles. The molecule has 0 saturated heterocycles. The number of hydrogen-bond donors (Lipinski definition) is 2. The molecule has 1 fully saturated rings. The van der Waals surface area contributed by atoms with Crippen LogP contribution in [0.4, 0.5) is 0 Å². The predicted octanol–water partition coefficient (Wildman–Crippen LogP) is 2.43. The van der Waals surface area contributed by atoms with Gasteiger partial charge in [0.2, 0.25) is 10.0 Å². The number of thiophene rings is 1. The van der Waals surface area contributed by atoms with Crippen LogP contribution in [0.5, 0.6) is 0 Å². The molecule has 114 valence electrons. The van der Waals surface area contributed by atoms with E-state index in [1.54, 1.807) is 11.4 Å². The van der Waals surface area contributed by atoms with Crippen molar-refractivity contribution in [3.05, 3.63) is 16.3 Å². The van der Waals surface area contributed by atoms with Crippen molar-refractivity contribution in [3.63, 3.8) is 0 Å². The molecule has 1 aromatic heterocycles. The molecule has 20 heavy (non-hydrogen) atoms. The van der Waals surface area contributed by atoms with Gasteiger partial charge in [0.05, 0.1) is 4.90 Å². The van der Waals surface area contributed by atoms with E-state index < -0.39 is 10.0 Å². The highest BCUT2D eigenvalue weighted by molar-refractivity contribution is 7.89. The average Bonchev–Trinajstić information content (AvgIpc) is 2.72. The van der Waals surface area contributed by atoms with Crippen molar-refractivity contribution < 1.29 is 8.42 Å². The fourth-order valence-corrected chi connectivity index (χ4v) is 5.22. The summed E-state index contributed by atoms with van der Waals surface area (Å²) >= 11 is 1.47. The summed E-state index contributed by atoms with van der Waals surface area (Å²) in [4.78, 5) is 1.41. The van der Waals surface area contributed by atoms with Crippen LogP contribution in [0.15, 0.2) is 16.3 Å². The monoisotopic (exact) mass is 316 g/mol. The maximum atomic E-state index is 12.3. The smallest absolute Gasteiger partial charge is 0.241 e. The van der Waals surface area contributed by atoms with E-state index in [4.69, 9.17) is 0 Å². The molecule has 0 amide bonds. The molecule has 0 spiro atoms. The van der Waals surface area contributed by atoms with E-state index in [-0.39, 0.29) is 10.8 Å². The number of nitrogens with one attached hydrogen (secondary N) is 2. The molecule has 0 radical (unpaired) electrons. The average molecular weight is 316 g/mol. The molecule has 2 rings (SSSR count). The van der Waals surface area contributed by atoms with E-state index in [1.165, 1.54) is 11.3 Å². The molecule has 4 nitrogen and oxygen atoms in total. The molecule has 6 heteroatoms. The van der Waals surface area contributed by atoms with Crippen molar-refractivity contribution in [1.82, 2.24) is 10.0 Å². The third-order valence-corrected chi connectivity index (χ3v) is 7.58. The van der Waals surface area contributed by atoms with E-state index in [0.717, 1.165) is 4.88 Å². The lowest BCUT2D eigenvalue weighted by atomic mass is 10.0. The van der Waals surface area contributed by atoms with Gasteiger partial charge < -0.3 is 5.32 Å². The Hall–Kier alpha value is -0.430. The Morgan fingerprint density at radius 2 is 1.85 bits per heavy atom. The first kappa shape index (κ1) is 15.9. The van der Waals surface area contributed by atoms with Crippen LogP contribution in [0, 0.1) is 16.7 Å².